The minimum absolute atomic E-state index is 0.118. The van der Waals surface area contributed by atoms with E-state index >= 15 is 0 Å². The largest absolute Gasteiger partial charge is 0.383 e. The number of nitrogens with one attached hydrogen (secondary N) is 1. The second kappa shape index (κ2) is 7.56. The summed E-state index contributed by atoms with van der Waals surface area (Å²) < 4.78 is 7.12. The van der Waals surface area contributed by atoms with Crippen LogP contribution in [0.15, 0.2) is 42.6 Å². The molecule has 2 rings (SSSR count). The summed E-state index contributed by atoms with van der Waals surface area (Å²) in [5.41, 5.74) is 2.33. The maximum atomic E-state index is 10.6. The summed E-state index contributed by atoms with van der Waals surface area (Å²) in [5, 5.41) is 13.9. The Morgan fingerprint density at radius 2 is 2.05 bits per heavy atom. The fourth-order valence-electron chi connectivity index (χ4n) is 2.07. The Hall–Kier alpha value is -2.18. The topological polar surface area (TPSA) is 69.3 Å². The van der Waals surface area contributed by atoms with Crippen LogP contribution in [0.2, 0.25) is 0 Å². The van der Waals surface area contributed by atoms with Gasteiger partial charge in [0.25, 0.3) is 5.69 Å². The molecular weight excluding hydrogens is 270 g/mol. The number of aromatic nitrogens is 1. The highest BCUT2D eigenvalue weighted by molar-refractivity contribution is 5.33. The van der Waals surface area contributed by atoms with E-state index in [1.807, 2.05) is 12.3 Å². The van der Waals surface area contributed by atoms with E-state index in [1.54, 1.807) is 19.2 Å². The van der Waals surface area contributed by atoms with Gasteiger partial charge in [0.2, 0.25) is 0 Å². The molecule has 1 N–H and O–H groups in total. The van der Waals surface area contributed by atoms with Gasteiger partial charge in [-0.1, -0.05) is 12.1 Å². The molecule has 112 valence electrons. The first-order valence-corrected chi connectivity index (χ1v) is 6.77. The van der Waals surface area contributed by atoms with Gasteiger partial charge in [-0.05, 0) is 17.7 Å². The number of nitro groups is 1. The second-order valence-electron chi connectivity index (χ2n) is 4.72. The quantitative estimate of drug-likeness (QED) is 0.459. The van der Waals surface area contributed by atoms with Gasteiger partial charge in [-0.25, -0.2) is 0 Å². The fourth-order valence-corrected chi connectivity index (χ4v) is 2.07. The van der Waals surface area contributed by atoms with Crippen LogP contribution in [0.3, 0.4) is 0 Å². The Morgan fingerprint density at radius 1 is 1.29 bits per heavy atom. The average molecular weight is 289 g/mol. The molecule has 0 fully saturated rings. The van der Waals surface area contributed by atoms with Crippen molar-refractivity contribution in [2.45, 2.75) is 13.1 Å². The zero-order valence-corrected chi connectivity index (χ0v) is 12.0. The first-order chi connectivity index (χ1) is 10.2. The normalized spacial score (nSPS) is 10.7. The molecule has 0 aliphatic heterocycles. The summed E-state index contributed by atoms with van der Waals surface area (Å²) >= 11 is 0. The molecular formula is C15H19N3O3. The molecule has 0 bridgehead atoms. The van der Waals surface area contributed by atoms with Gasteiger partial charge < -0.3 is 14.6 Å². The van der Waals surface area contributed by atoms with Crippen molar-refractivity contribution in [1.82, 2.24) is 9.88 Å². The van der Waals surface area contributed by atoms with Crippen LogP contribution in [0, 0.1) is 10.1 Å². The lowest BCUT2D eigenvalue weighted by Gasteiger charge is -2.10. The Morgan fingerprint density at radius 3 is 2.71 bits per heavy atom. The third kappa shape index (κ3) is 4.40. The molecule has 0 unspecified atom stereocenters. The number of non-ortho nitro benzene ring substituents is 1. The number of nitrogens with zero attached hydrogens (tertiary/aromatic N) is 2. The van der Waals surface area contributed by atoms with E-state index in [4.69, 9.17) is 4.74 Å². The molecule has 21 heavy (non-hydrogen) atoms. The molecule has 0 amide bonds. The average Bonchev–Trinajstić information content (AvgIpc) is 2.91. The van der Waals surface area contributed by atoms with Crippen molar-refractivity contribution in [2.75, 3.05) is 20.3 Å². The number of benzene rings is 1. The van der Waals surface area contributed by atoms with E-state index in [2.05, 4.69) is 16.0 Å². The molecule has 0 spiro atoms. The lowest BCUT2D eigenvalue weighted by Crippen LogP contribution is -2.20. The maximum absolute atomic E-state index is 10.6. The van der Waals surface area contributed by atoms with Gasteiger partial charge in [0.05, 0.1) is 11.5 Å². The molecule has 6 nitrogen and oxygen atoms in total. The van der Waals surface area contributed by atoms with E-state index in [9.17, 15) is 10.1 Å². The first kappa shape index (κ1) is 15.2. The third-order valence-electron chi connectivity index (χ3n) is 3.21. The van der Waals surface area contributed by atoms with Crippen molar-refractivity contribution in [2.24, 2.45) is 0 Å². The first-order valence-electron chi connectivity index (χ1n) is 6.77. The lowest BCUT2D eigenvalue weighted by molar-refractivity contribution is -0.384. The summed E-state index contributed by atoms with van der Waals surface area (Å²) in [4.78, 5) is 10.3. The fraction of sp³-hybridized carbons (Fsp3) is 0.333. The molecule has 0 saturated carbocycles. The van der Waals surface area contributed by atoms with Gasteiger partial charge in [-0.15, -0.1) is 0 Å². The number of ether oxygens (including phenoxy) is 1. The Labute approximate surface area is 123 Å². The number of rotatable bonds is 8. The number of nitro benzene ring substituents is 1. The maximum Gasteiger partial charge on any atom is 0.269 e. The van der Waals surface area contributed by atoms with Crippen molar-refractivity contribution >= 4 is 5.69 Å². The third-order valence-corrected chi connectivity index (χ3v) is 3.21. The van der Waals surface area contributed by atoms with E-state index in [0.29, 0.717) is 13.2 Å². The molecule has 0 radical (unpaired) electrons. The highest BCUT2D eigenvalue weighted by Crippen LogP contribution is 2.14. The standard InChI is InChI=1S/C15H19N3O3/c1-21-10-8-16-11-15-3-2-9-17(15)12-13-4-6-14(7-5-13)18(19)20/h2-7,9,16H,8,10-12H2,1H3. The summed E-state index contributed by atoms with van der Waals surface area (Å²) in [6.07, 6.45) is 2.01. The summed E-state index contributed by atoms with van der Waals surface area (Å²) in [5.74, 6) is 0. The van der Waals surface area contributed by atoms with Crippen molar-refractivity contribution in [3.63, 3.8) is 0 Å². The van der Waals surface area contributed by atoms with Crippen LogP contribution < -0.4 is 5.32 Å². The van der Waals surface area contributed by atoms with Crippen LogP contribution >= 0.6 is 0 Å². The molecule has 0 aliphatic carbocycles. The Bertz CT molecular complexity index is 578. The van der Waals surface area contributed by atoms with Gasteiger partial charge in [0, 0.05) is 50.8 Å². The zero-order chi connectivity index (χ0) is 15.1. The van der Waals surface area contributed by atoms with Crippen LogP contribution in [0.25, 0.3) is 0 Å². The Balaban J connectivity index is 1.96. The summed E-state index contributed by atoms with van der Waals surface area (Å²) in [7, 11) is 1.68. The Kier molecular flexibility index (Phi) is 5.48. The van der Waals surface area contributed by atoms with Crippen LogP contribution in [0.4, 0.5) is 5.69 Å². The van der Waals surface area contributed by atoms with Crippen molar-refractivity contribution in [3.8, 4) is 0 Å². The van der Waals surface area contributed by atoms with Crippen molar-refractivity contribution < 1.29 is 9.66 Å². The van der Waals surface area contributed by atoms with Gasteiger partial charge >= 0.3 is 0 Å². The van der Waals surface area contributed by atoms with Crippen molar-refractivity contribution in [3.05, 3.63) is 64.0 Å². The smallest absolute Gasteiger partial charge is 0.269 e. The monoisotopic (exact) mass is 289 g/mol. The minimum atomic E-state index is -0.384. The lowest BCUT2D eigenvalue weighted by atomic mass is 10.2. The van der Waals surface area contributed by atoms with E-state index in [1.165, 1.54) is 17.8 Å². The molecule has 1 aromatic carbocycles. The number of methoxy groups -OCH3 is 1. The van der Waals surface area contributed by atoms with E-state index in [-0.39, 0.29) is 10.6 Å². The van der Waals surface area contributed by atoms with Crippen LogP contribution in [-0.4, -0.2) is 29.8 Å². The highest BCUT2D eigenvalue weighted by atomic mass is 16.6. The molecule has 1 aromatic heterocycles. The predicted octanol–water partition coefficient (Wildman–Crippen LogP) is 2.18. The molecule has 0 atom stereocenters. The molecule has 0 aliphatic rings. The minimum Gasteiger partial charge on any atom is -0.383 e. The molecule has 1 heterocycles. The van der Waals surface area contributed by atoms with Crippen LogP contribution in [-0.2, 0) is 17.8 Å². The zero-order valence-electron chi connectivity index (χ0n) is 12.0. The van der Waals surface area contributed by atoms with Crippen molar-refractivity contribution in [1.29, 1.82) is 0 Å². The highest BCUT2D eigenvalue weighted by Gasteiger charge is 2.05. The molecule has 6 heteroatoms. The molecule has 2 aromatic rings. The SMILES string of the molecule is COCCNCc1cccn1Cc1ccc([N+](=O)[O-])cc1. The summed E-state index contributed by atoms with van der Waals surface area (Å²) in [6.45, 7) is 2.96. The van der Waals surface area contributed by atoms with Gasteiger partial charge in [0.1, 0.15) is 0 Å². The van der Waals surface area contributed by atoms with Gasteiger partial charge in [-0.3, -0.25) is 10.1 Å². The van der Waals surface area contributed by atoms with E-state index < -0.39 is 0 Å². The molecule has 0 saturated heterocycles. The van der Waals surface area contributed by atoms with Crippen LogP contribution in [0.1, 0.15) is 11.3 Å². The predicted molar refractivity (Wildman–Crippen MR) is 80.2 cm³/mol. The second-order valence-corrected chi connectivity index (χ2v) is 4.72. The van der Waals surface area contributed by atoms with Crippen LogP contribution in [0.5, 0.6) is 0 Å². The number of hydrogen-bond acceptors (Lipinski definition) is 4. The number of hydrogen-bond donors (Lipinski definition) is 1. The van der Waals surface area contributed by atoms with Gasteiger partial charge in [0.15, 0.2) is 0 Å². The van der Waals surface area contributed by atoms with Gasteiger partial charge in [-0.2, -0.15) is 0 Å². The summed E-state index contributed by atoms with van der Waals surface area (Å²) in [6, 6.07) is 10.7. The van der Waals surface area contributed by atoms with E-state index in [0.717, 1.165) is 18.7 Å².